The maximum atomic E-state index is 10.5. The van der Waals surface area contributed by atoms with Crippen LogP contribution in [0, 0.1) is 0 Å². The van der Waals surface area contributed by atoms with Crippen molar-refractivity contribution in [3.63, 3.8) is 0 Å². The van der Waals surface area contributed by atoms with Gasteiger partial charge in [0.05, 0.1) is 12.7 Å². The summed E-state index contributed by atoms with van der Waals surface area (Å²) in [5.74, 6) is 0.0663. The highest BCUT2D eigenvalue weighted by atomic mass is 16.5. The number of hydrogen-bond acceptors (Lipinski definition) is 3. The normalized spacial score (nSPS) is 11.9. The Morgan fingerprint density at radius 3 is 2.35 bits per heavy atom. The van der Waals surface area contributed by atoms with E-state index < -0.39 is 12.1 Å². The molecule has 1 unspecified atom stereocenters. The van der Waals surface area contributed by atoms with Crippen LogP contribution in [0.3, 0.4) is 0 Å². The van der Waals surface area contributed by atoms with Crippen molar-refractivity contribution in [2.75, 3.05) is 6.61 Å². The number of hydrogen-bond donors (Lipinski definition) is 2. The second-order valence-corrected chi connectivity index (χ2v) is 6.58. The molecule has 0 heterocycles. The van der Waals surface area contributed by atoms with Gasteiger partial charge in [-0.2, -0.15) is 0 Å². The first-order chi connectivity index (χ1) is 12.6. The number of aliphatic hydroxyl groups is 1. The Kier molecular flexibility index (Phi) is 8.70. The largest absolute Gasteiger partial charge is 0.494 e. The number of carboxylic acids is 1. The first-order valence-electron chi connectivity index (χ1n) is 9.29. The Balaban J connectivity index is 1.63. The smallest absolute Gasteiger partial charge is 0.303 e. The van der Waals surface area contributed by atoms with Crippen molar-refractivity contribution in [3.8, 4) is 5.75 Å². The molecule has 0 radical (unpaired) electrons. The fourth-order valence-electron chi connectivity index (χ4n) is 2.86. The summed E-state index contributed by atoms with van der Waals surface area (Å²) in [6.07, 6.45) is 4.28. The standard InChI is InChI=1S/C22H28O4/c23-20(10-4-5-11-22(24)25)17-19-12-14-21(15-13-19)26-16-6-9-18-7-2-1-3-8-18/h1-3,7-8,12-15,20,23H,4-6,9-11,16-17H2,(H,24,25). The highest BCUT2D eigenvalue weighted by Gasteiger charge is 2.07. The molecule has 0 aliphatic carbocycles. The summed E-state index contributed by atoms with van der Waals surface area (Å²) in [7, 11) is 0. The van der Waals surface area contributed by atoms with Crippen LogP contribution in [-0.2, 0) is 17.6 Å². The second-order valence-electron chi connectivity index (χ2n) is 6.58. The maximum absolute atomic E-state index is 10.5. The third-order valence-electron chi connectivity index (χ3n) is 4.29. The lowest BCUT2D eigenvalue weighted by Crippen LogP contribution is -2.10. The second kappa shape index (κ2) is 11.3. The number of unbranched alkanes of at least 4 members (excludes halogenated alkanes) is 1. The lowest BCUT2D eigenvalue weighted by molar-refractivity contribution is -0.137. The molecule has 2 aromatic carbocycles. The Bertz CT molecular complexity index is 637. The van der Waals surface area contributed by atoms with Gasteiger partial charge in [-0.3, -0.25) is 4.79 Å². The SMILES string of the molecule is O=C(O)CCCCC(O)Cc1ccc(OCCCc2ccccc2)cc1. The van der Waals surface area contributed by atoms with Gasteiger partial charge in [-0.15, -0.1) is 0 Å². The quantitative estimate of drug-likeness (QED) is 0.558. The number of carboxylic acid groups (broad SMARTS) is 1. The van der Waals surface area contributed by atoms with Crippen LogP contribution >= 0.6 is 0 Å². The van der Waals surface area contributed by atoms with Gasteiger partial charge < -0.3 is 14.9 Å². The fourth-order valence-corrected chi connectivity index (χ4v) is 2.86. The molecule has 0 saturated carbocycles. The van der Waals surface area contributed by atoms with E-state index in [2.05, 4.69) is 24.3 Å². The number of rotatable bonds is 12. The van der Waals surface area contributed by atoms with Gasteiger partial charge in [0.1, 0.15) is 5.75 Å². The molecule has 0 saturated heterocycles. The monoisotopic (exact) mass is 356 g/mol. The molecule has 0 bridgehead atoms. The third-order valence-corrected chi connectivity index (χ3v) is 4.29. The van der Waals surface area contributed by atoms with Crippen LogP contribution in [0.2, 0.25) is 0 Å². The van der Waals surface area contributed by atoms with Gasteiger partial charge in [0.15, 0.2) is 0 Å². The zero-order chi connectivity index (χ0) is 18.6. The van der Waals surface area contributed by atoms with Crippen molar-refractivity contribution in [3.05, 3.63) is 65.7 Å². The first-order valence-corrected chi connectivity index (χ1v) is 9.29. The predicted octanol–water partition coefficient (Wildman–Crippen LogP) is 4.25. The van der Waals surface area contributed by atoms with E-state index in [0.717, 1.165) is 30.6 Å². The molecule has 2 rings (SSSR count). The third kappa shape index (κ3) is 8.17. The molecule has 4 heteroatoms. The Morgan fingerprint density at radius 2 is 1.65 bits per heavy atom. The van der Waals surface area contributed by atoms with Gasteiger partial charge in [0, 0.05) is 6.42 Å². The van der Waals surface area contributed by atoms with Gasteiger partial charge >= 0.3 is 5.97 Å². The summed E-state index contributed by atoms with van der Waals surface area (Å²) in [6, 6.07) is 18.2. The van der Waals surface area contributed by atoms with Crippen LogP contribution in [0.1, 0.15) is 43.2 Å². The molecular formula is C22H28O4. The number of aliphatic carboxylic acids is 1. The molecule has 0 fully saturated rings. The van der Waals surface area contributed by atoms with Gasteiger partial charge in [-0.1, -0.05) is 48.9 Å². The predicted molar refractivity (Wildman–Crippen MR) is 103 cm³/mol. The summed E-state index contributed by atoms with van der Waals surface area (Å²) < 4.78 is 5.77. The van der Waals surface area contributed by atoms with Crippen molar-refractivity contribution in [2.45, 2.75) is 51.0 Å². The maximum Gasteiger partial charge on any atom is 0.303 e. The molecule has 0 aliphatic rings. The minimum absolute atomic E-state index is 0.170. The summed E-state index contributed by atoms with van der Waals surface area (Å²) in [4.78, 5) is 10.5. The molecule has 0 aromatic heterocycles. The molecule has 26 heavy (non-hydrogen) atoms. The lowest BCUT2D eigenvalue weighted by Gasteiger charge is -2.11. The molecule has 1 atom stereocenters. The minimum Gasteiger partial charge on any atom is -0.494 e. The van der Waals surface area contributed by atoms with Crippen LogP contribution in [0.15, 0.2) is 54.6 Å². The summed E-state index contributed by atoms with van der Waals surface area (Å²) >= 11 is 0. The van der Waals surface area contributed by atoms with Gasteiger partial charge in [0.2, 0.25) is 0 Å². The van der Waals surface area contributed by atoms with Crippen LogP contribution < -0.4 is 4.74 Å². The minimum atomic E-state index is -0.779. The van der Waals surface area contributed by atoms with Crippen LogP contribution in [-0.4, -0.2) is 28.9 Å². The van der Waals surface area contributed by atoms with E-state index in [0.29, 0.717) is 25.9 Å². The van der Waals surface area contributed by atoms with E-state index in [4.69, 9.17) is 9.84 Å². The number of ether oxygens (including phenoxy) is 1. The molecule has 0 amide bonds. The van der Waals surface area contributed by atoms with Crippen molar-refractivity contribution < 1.29 is 19.7 Å². The topological polar surface area (TPSA) is 66.8 Å². The Labute approximate surface area is 155 Å². The summed E-state index contributed by atoms with van der Waals surface area (Å²) in [5, 5.41) is 18.6. The first kappa shape index (κ1) is 20.0. The Morgan fingerprint density at radius 1 is 0.923 bits per heavy atom. The average Bonchev–Trinajstić information content (AvgIpc) is 2.64. The number of carbonyl (C=O) groups is 1. The molecular weight excluding hydrogens is 328 g/mol. The van der Waals surface area contributed by atoms with Crippen molar-refractivity contribution in [2.24, 2.45) is 0 Å². The zero-order valence-electron chi connectivity index (χ0n) is 15.1. The number of aryl methyl sites for hydroxylation is 1. The number of aliphatic hydroxyl groups excluding tert-OH is 1. The van der Waals surface area contributed by atoms with E-state index in [-0.39, 0.29) is 6.42 Å². The molecule has 2 aromatic rings. The molecule has 2 N–H and O–H groups in total. The lowest BCUT2D eigenvalue weighted by atomic mass is 10.0. The van der Waals surface area contributed by atoms with E-state index in [1.807, 2.05) is 30.3 Å². The van der Waals surface area contributed by atoms with Crippen molar-refractivity contribution in [1.82, 2.24) is 0 Å². The van der Waals surface area contributed by atoms with Crippen LogP contribution in [0.4, 0.5) is 0 Å². The van der Waals surface area contributed by atoms with E-state index >= 15 is 0 Å². The molecule has 0 spiro atoms. The van der Waals surface area contributed by atoms with Crippen molar-refractivity contribution >= 4 is 5.97 Å². The average molecular weight is 356 g/mol. The van der Waals surface area contributed by atoms with Crippen molar-refractivity contribution in [1.29, 1.82) is 0 Å². The molecule has 140 valence electrons. The highest BCUT2D eigenvalue weighted by molar-refractivity contribution is 5.66. The van der Waals surface area contributed by atoms with E-state index in [1.54, 1.807) is 0 Å². The van der Waals surface area contributed by atoms with Crippen LogP contribution in [0.5, 0.6) is 5.75 Å². The van der Waals surface area contributed by atoms with Gasteiger partial charge in [0.25, 0.3) is 0 Å². The zero-order valence-corrected chi connectivity index (χ0v) is 15.1. The van der Waals surface area contributed by atoms with Gasteiger partial charge in [-0.25, -0.2) is 0 Å². The molecule has 4 nitrogen and oxygen atoms in total. The summed E-state index contributed by atoms with van der Waals surface area (Å²) in [6.45, 7) is 0.681. The highest BCUT2D eigenvalue weighted by Crippen LogP contribution is 2.16. The van der Waals surface area contributed by atoms with Gasteiger partial charge in [-0.05, 0) is 55.4 Å². The molecule has 0 aliphatic heterocycles. The Hall–Kier alpha value is -2.33. The fraction of sp³-hybridized carbons (Fsp3) is 0.409. The summed E-state index contributed by atoms with van der Waals surface area (Å²) in [5.41, 5.74) is 2.39. The van der Waals surface area contributed by atoms with E-state index in [9.17, 15) is 9.90 Å². The van der Waals surface area contributed by atoms with E-state index in [1.165, 1.54) is 5.56 Å². The van der Waals surface area contributed by atoms with Crippen LogP contribution in [0.25, 0.3) is 0 Å². The number of benzene rings is 2.